The van der Waals surface area contributed by atoms with Gasteiger partial charge in [-0.2, -0.15) is 0 Å². The Bertz CT molecular complexity index is 920. The van der Waals surface area contributed by atoms with Gasteiger partial charge < -0.3 is 10.2 Å². The molecule has 1 aromatic carbocycles. The number of unbranched alkanes of at least 4 members (excludes halogenated alkanes) is 1. The van der Waals surface area contributed by atoms with Crippen molar-refractivity contribution in [2.24, 2.45) is 0 Å². The summed E-state index contributed by atoms with van der Waals surface area (Å²) < 4.78 is 0. The summed E-state index contributed by atoms with van der Waals surface area (Å²) in [5, 5.41) is 4.32. The number of hydrogen-bond acceptors (Lipinski definition) is 5. The Morgan fingerprint density at radius 3 is 2.81 bits per heavy atom. The van der Waals surface area contributed by atoms with E-state index in [4.69, 9.17) is 0 Å². The first-order valence-electron chi connectivity index (χ1n) is 8.80. The fourth-order valence-electron chi connectivity index (χ4n) is 2.78. The minimum Gasteiger partial charge on any atom is -0.340 e. The Morgan fingerprint density at radius 2 is 2.00 bits per heavy atom. The number of aryl methyl sites for hydroxylation is 1. The highest BCUT2D eigenvalue weighted by Gasteiger charge is 2.15. The molecule has 0 unspecified atom stereocenters. The first-order chi connectivity index (χ1) is 12.6. The van der Waals surface area contributed by atoms with E-state index < -0.39 is 0 Å². The maximum Gasteiger partial charge on any atom is 0.272 e. The number of pyridine rings is 1. The highest BCUT2D eigenvalue weighted by Crippen LogP contribution is 2.24. The van der Waals surface area contributed by atoms with Crippen LogP contribution >= 0.6 is 0 Å². The van der Waals surface area contributed by atoms with E-state index in [1.807, 2.05) is 30.3 Å². The molecule has 0 bridgehead atoms. The number of fused-ring (bicyclic) bond motifs is 1. The topological polar surface area (TPSA) is 71.0 Å². The van der Waals surface area contributed by atoms with E-state index in [1.54, 1.807) is 31.1 Å². The lowest BCUT2D eigenvalue weighted by atomic mass is 10.2. The molecule has 0 saturated carbocycles. The first-order valence-corrected chi connectivity index (χ1v) is 8.80. The number of carbonyl (C=O) groups excluding carboxylic acids is 1. The van der Waals surface area contributed by atoms with Gasteiger partial charge >= 0.3 is 0 Å². The van der Waals surface area contributed by atoms with Crippen LogP contribution in [0.25, 0.3) is 10.9 Å². The summed E-state index contributed by atoms with van der Waals surface area (Å²) in [7, 11) is 1.80. The van der Waals surface area contributed by atoms with Crippen molar-refractivity contribution in [3.63, 3.8) is 0 Å². The van der Waals surface area contributed by atoms with Crippen LogP contribution in [-0.4, -0.2) is 39.4 Å². The monoisotopic (exact) mass is 349 g/mol. The quantitative estimate of drug-likeness (QED) is 0.729. The van der Waals surface area contributed by atoms with Crippen LogP contribution in [0.4, 0.5) is 11.5 Å². The van der Waals surface area contributed by atoms with Gasteiger partial charge in [0.15, 0.2) is 0 Å². The van der Waals surface area contributed by atoms with Crippen molar-refractivity contribution in [2.75, 3.05) is 18.9 Å². The third-order valence-electron chi connectivity index (χ3n) is 4.15. The zero-order valence-corrected chi connectivity index (χ0v) is 15.4. The molecule has 26 heavy (non-hydrogen) atoms. The summed E-state index contributed by atoms with van der Waals surface area (Å²) >= 11 is 0. The van der Waals surface area contributed by atoms with Crippen molar-refractivity contribution in [3.8, 4) is 0 Å². The van der Waals surface area contributed by atoms with Gasteiger partial charge in [0.25, 0.3) is 5.91 Å². The second kappa shape index (κ2) is 7.91. The van der Waals surface area contributed by atoms with Crippen LogP contribution in [0, 0.1) is 6.92 Å². The van der Waals surface area contributed by atoms with E-state index in [0.29, 0.717) is 23.9 Å². The first kappa shape index (κ1) is 17.8. The third kappa shape index (κ3) is 3.96. The van der Waals surface area contributed by atoms with Gasteiger partial charge in [-0.1, -0.05) is 31.5 Å². The summed E-state index contributed by atoms with van der Waals surface area (Å²) in [4.78, 5) is 27.5. The second-order valence-corrected chi connectivity index (χ2v) is 6.27. The standard InChI is InChI=1S/C20H23N5O/c1-4-5-12-25(3)20(26)17-13-18(23-14(2)22-17)24-16-10-6-8-15-9-7-11-21-19(15)16/h6-11,13H,4-5,12H2,1-3H3,(H,22,23,24). The van der Waals surface area contributed by atoms with Crippen molar-refractivity contribution >= 4 is 28.3 Å². The molecular weight excluding hydrogens is 326 g/mol. The molecule has 3 rings (SSSR count). The normalized spacial score (nSPS) is 10.7. The van der Waals surface area contributed by atoms with E-state index >= 15 is 0 Å². The number of aromatic nitrogens is 3. The molecule has 2 heterocycles. The molecule has 0 spiro atoms. The van der Waals surface area contributed by atoms with E-state index in [0.717, 1.165) is 29.4 Å². The van der Waals surface area contributed by atoms with E-state index in [-0.39, 0.29) is 5.91 Å². The van der Waals surface area contributed by atoms with Gasteiger partial charge in [-0.15, -0.1) is 0 Å². The molecule has 0 aliphatic carbocycles. The molecule has 3 aromatic rings. The number of carbonyl (C=O) groups is 1. The van der Waals surface area contributed by atoms with Gasteiger partial charge in [0, 0.05) is 31.2 Å². The smallest absolute Gasteiger partial charge is 0.272 e. The Balaban J connectivity index is 1.89. The molecule has 1 amide bonds. The molecule has 1 N–H and O–H groups in total. The van der Waals surface area contributed by atoms with Crippen LogP contribution in [0.1, 0.15) is 36.1 Å². The molecule has 0 aliphatic heterocycles. The predicted octanol–water partition coefficient (Wildman–Crippen LogP) is 3.95. The van der Waals surface area contributed by atoms with Gasteiger partial charge in [0.05, 0.1) is 11.2 Å². The molecule has 0 saturated heterocycles. The number of para-hydroxylation sites is 1. The Hall–Kier alpha value is -3.02. The van der Waals surface area contributed by atoms with Gasteiger partial charge in [-0.25, -0.2) is 9.97 Å². The Labute approximate surface area is 153 Å². The third-order valence-corrected chi connectivity index (χ3v) is 4.15. The van der Waals surface area contributed by atoms with Crippen molar-refractivity contribution in [1.82, 2.24) is 19.9 Å². The van der Waals surface area contributed by atoms with Gasteiger partial charge in [-0.3, -0.25) is 9.78 Å². The maximum absolute atomic E-state index is 12.6. The molecule has 0 radical (unpaired) electrons. The molecule has 6 nitrogen and oxygen atoms in total. The molecule has 6 heteroatoms. The number of hydrogen-bond donors (Lipinski definition) is 1. The van der Waals surface area contributed by atoms with Gasteiger partial charge in [0.1, 0.15) is 17.3 Å². The number of rotatable bonds is 6. The van der Waals surface area contributed by atoms with E-state index in [1.165, 1.54) is 0 Å². The van der Waals surface area contributed by atoms with Crippen molar-refractivity contribution in [1.29, 1.82) is 0 Å². The minimum atomic E-state index is -0.0944. The van der Waals surface area contributed by atoms with Crippen molar-refractivity contribution < 1.29 is 4.79 Å². The molecule has 0 fully saturated rings. The zero-order chi connectivity index (χ0) is 18.5. The second-order valence-electron chi connectivity index (χ2n) is 6.27. The number of benzene rings is 1. The van der Waals surface area contributed by atoms with Crippen LogP contribution in [0.15, 0.2) is 42.6 Å². The van der Waals surface area contributed by atoms with E-state index in [2.05, 4.69) is 27.2 Å². The number of nitrogens with zero attached hydrogens (tertiary/aromatic N) is 4. The number of amides is 1. The summed E-state index contributed by atoms with van der Waals surface area (Å²) in [6.45, 7) is 4.61. The molecule has 0 aliphatic rings. The summed E-state index contributed by atoms with van der Waals surface area (Å²) in [5.41, 5.74) is 2.10. The highest BCUT2D eigenvalue weighted by atomic mass is 16.2. The van der Waals surface area contributed by atoms with Crippen LogP contribution in [0.2, 0.25) is 0 Å². The Morgan fingerprint density at radius 1 is 1.19 bits per heavy atom. The average Bonchev–Trinajstić information content (AvgIpc) is 2.65. The molecule has 2 aromatic heterocycles. The van der Waals surface area contributed by atoms with Crippen LogP contribution in [0.3, 0.4) is 0 Å². The fraction of sp³-hybridized carbons (Fsp3) is 0.300. The SMILES string of the molecule is CCCCN(C)C(=O)c1cc(Nc2cccc3cccnc23)nc(C)n1. The lowest BCUT2D eigenvalue weighted by Crippen LogP contribution is -2.28. The fourth-order valence-corrected chi connectivity index (χ4v) is 2.78. The predicted molar refractivity (Wildman–Crippen MR) is 104 cm³/mol. The highest BCUT2D eigenvalue weighted by molar-refractivity contribution is 5.94. The summed E-state index contributed by atoms with van der Waals surface area (Å²) in [6.07, 6.45) is 3.77. The molecule has 0 atom stereocenters. The number of nitrogens with one attached hydrogen (secondary N) is 1. The lowest BCUT2D eigenvalue weighted by molar-refractivity contribution is 0.0787. The van der Waals surface area contributed by atoms with Crippen LogP contribution in [0.5, 0.6) is 0 Å². The summed E-state index contributed by atoms with van der Waals surface area (Å²) in [5.74, 6) is 1.04. The lowest BCUT2D eigenvalue weighted by Gasteiger charge is -2.17. The van der Waals surface area contributed by atoms with Crippen LogP contribution < -0.4 is 5.32 Å². The van der Waals surface area contributed by atoms with Crippen molar-refractivity contribution in [3.05, 3.63) is 54.1 Å². The van der Waals surface area contributed by atoms with Crippen molar-refractivity contribution in [2.45, 2.75) is 26.7 Å². The van der Waals surface area contributed by atoms with E-state index in [9.17, 15) is 4.79 Å². The minimum absolute atomic E-state index is 0.0944. The Kier molecular flexibility index (Phi) is 5.41. The molecular formula is C20H23N5O. The van der Waals surface area contributed by atoms with Crippen LogP contribution in [-0.2, 0) is 0 Å². The average molecular weight is 349 g/mol. The zero-order valence-electron chi connectivity index (χ0n) is 15.4. The van der Waals surface area contributed by atoms with Gasteiger partial charge in [0.2, 0.25) is 0 Å². The number of anilines is 2. The van der Waals surface area contributed by atoms with Gasteiger partial charge in [-0.05, 0) is 25.5 Å². The summed E-state index contributed by atoms with van der Waals surface area (Å²) in [6, 6.07) is 11.5. The maximum atomic E-state index is 12.6. The molecule has 134 valence electrons. The largest absolute Gasteiger partial charge is 0.340 e.